The lowest BCUT2D eigenvalue weighted by Crippen LogP contribution is -2.10. The molecule has 0 atom stereocenters. The average molecular weight is 235 g/mol. The lowest BCUT2D eigenvalue weighted by Gasteiger charge is -2.04. The molecule has 2 rings (SSSR count). The first-order chi connectivity index (χ1) is 7.74. The minimum atomic E-state index is -0.141. The van der Waals surface area contributed by atoms with Gasteiger partial charge >= 0.3 is 0 Å². The third-order valence-corrected chi connectivity index (χ3v) is 2.71. The van der Waals surface area contributed by atoms with E-state index in [4.69, 9.17) is 11.6 Å². The number of aromatic nitrogens is 2. The normalized spacial score (nSPS) is 10.4. The Labute approximate surface area is 98.7 Å². The lowest BCUT2D eigenvalue weighted by atomic mass is 10.1. The molecule has 0 N–H and O–H groups in total. The smallest absolute Gasteiger partial charge is 0.229 e. The Balaban J connectivity index is 2.44. The van der Waals surface area contributed by atoms with Gasteiger partial charge in [-0.25, -0.2) is 4.98 Å². The standard InChI is InChI=1S/C12H11ClN2O/c1-2-15-8-7-14-12(15)11(16)9-5-3-4-6-10(9)13/h3-8H,2H2,1H3. The molecule has 0 aliphatic heterocycles. The fourth-order valence-electron chi connectivity index (χ4n) is 1.54. The molecule has 3 nitrogen and oxygen atoms in total. The molecule has 0 spiro atoms. The van der Waals surface area contributed by atoms with E-state index in [0.29, 0.717) is 23.0 Å². The largest absolute Gasteiger partial charge is 0.328 e. The number of carbonyl (C=O) groups excluding carboxylic acids is 1. The molecule has 0 fully saturated rings. The van der Waals surface area contributed by atoms with Crippen molar-refractivity contribution in [3.63, 3.8) is 0 Å². The fraction of sp³-hybridized carbons (Fsp3) is 0.167. The summed E-state index contributed by atoms with van der Waals surface area (Å²) in [7, 11) is 0. The maximum atomic E-state index is 12.1. The number of hydrogen-bond donors (Lipinski definition) is 0. The van der Waals surface area contributed by atoms with Crippen molar-refractivity contribution in [2.75, 3.05) is 0 Å². The van der Waals surface area contributed by atoms with Gasteiger partial charge in [0.05, 0.1) is 5.02 Å². The van der Waals surface area contributed by atoms with Crippen molar-refractivity contribution in [3.8, 4) is 0 Å². The third-order valence-electron chi connectivity index (χ3n) is 2.38. The first-order valence-corrected chi connectivity index (χ1v) is 5.42. The second-order valence-corrected chi connectivity index (χ2v) is 3.75. The summed E-state index contributed by atoms with van der Waals surface area (Å²) < 4.78 is 1.80. The van der Waals surface area contributed by atoms with Crippen molar-refractivity contribution in [2.24, 2.45) is 0 Å². The highest BCUT2D eigenvalue weighted by Crippen LogP contribution is 2.18. The summed E-state index contributed by atoms with van der Waals surface area (Å²) in [5.41, 5.74) is 0.491. The van der Waals surface area contributed by atoms with Crippen LogP contribution < -0.4 is 0 Å². The summed E-state index contributed by atoms with van der Waals surface area (Å²) in [5.74, 6) is 0.285. The number of imidazole rings is 1. The van der Waals surface area contributed by atoms with Crippen LogP contribution in [0, 0.1) is 0 Å². The molecule has 0 unspecified atom stereocenters. The van der Waals surface area contributed by atoms with Crippen LogP contribution in [0.4, 0.5) is 0 Å². The van der Waals surface area contributed by atoms with E-state index in [0.717, 1.165) is 0 Å². The van der Waals surface area contributed by atoms with Crippen LogP contribution >= 0.6 is 11.6 Å². The molecule has 0 amide bonds. The molecule has 82 valence electrons. The maximum Gasteiger partial charge on any atom is 0.229 e. The van der Waals surface area contributed by atoms with E-state index < -0.39 is 0 Å². The van der Waals surface area contributed by atoms with Gasteiger partial charge in [-0.1, -0.05) is 23.7 Å². The van der Waals surface area contributed by atoms with Gasteiger partial charge in [0.1, 0.15) is 0 Å². The zero-order valence-electron chi connectivity index (χ0n) is 8.85. The number of benzene rings is 1. The molecule has 1 aromatic heterocycles. The molecule has 16 heavy (non-hydrogen) atoms. The predicted octanol–water partition coefficient (Wildman–Crippen LogP) is 2.79. The molecule has 1 heterocycles. The highest BCUT2D eigenvalue weighted by molar-refractivity contribution is 6.34. The Morgan fingerprint density at radius 2 is 2.19 bits per heavy atom. The Hall–Kier alpha value is -1.61. The summed E-state index contributed by atoms with van der Waals surface area (Å²) in [6.07, 6.45) is 3.40. The van der Waals surface area contributed by atoms with Crippen LogP contribution in [0.5, 0.6) is 0 Å². The van der Waals surface area contributed by atoms with Gasteiger partial charge in [0, 0.05) is 24.5 Å². The SMILES string of the molecule is CCn1ccnc1C(=O)c1ccccc1Cl. The molecule has 4 heteroatoms. The van der Waals surface area contributed by atoms with Crippen LogP contribution in [0.25, 0.3) is 0 Å². The van der Waals surface area contributed by atoms with Crippen molar-refractivity contribution in [1.82, 2.24) is 9.55 Å². The van der Waals surface area contributed by atoms with Crippen LogP contribution in [-0.2, 0) is 6.54 Å². The number of hydrogen-bond acceptors (Lipinski definition) is 2. The number of rotatable bonds is 3. The van der Waals surface area contributed by atoms with Gasteiger partial charge in [-0.2, -0.15) is 0 Å². The summed E-state index contributed by atoms with van der Waals surface area (Å²) in [6.45, 7) is 2.68. The summed E-state index contributed by atoms with van der Waals surface area (Å²) in [5, 5.41) is 0.457. The van der Waals surface area contributed by atoms with E-state index in [2.05, 4.69) is 4.98 Å². The monoisotopic (exact) mass is 234 g/mol. The van der Waals surface area contributed by atoms with Gasteiger partial charge in [-0.15, -0.1) is 0 Å². The molecular formula is C12H11ClN2O. The minimum Gasteiger partial charge on any atom is -0.328 e. The topological polar surface area (TPSA) is 34.9 Å². The number of ketones is 1. The molecule has 0 radical (unpaired) electrons. The molecule has 1 aromatic carbocycles. The van der Waals surface area contributed by atoms with Gasteiger partial charge in [0.15, 0.2) is 5.82 Å². The first kappa shape index (κ1) is 10.9. The fourth-order valence-corrected chi connectivity index (χ4v) is 1.76. The van der Waals surface area contributed by atoms with Crippen molar-refractivity contribution in [1.29, 1.82) is 0 Å². The number of carbonyl (C=O) groups is 1. The predicted molar refractivity (Wildman–Crippen MR) is 62.8 cm³/mol. The molecule has 0 saturated carbocycles. The number of halogens is 1. The molecule has 0 aliphatic rings. The van der Waals surface area contributed by atoms with Crippen molar-refractivity contribution in [3.05, 3.63) is 53.1 Å². The van der Waals surface area contributed by atoms with Crippen molar-refractivity contribution in [2.45, 2.75) is 13.5 Å². The van der Waals surface area contributed by atoms with Crippen LogP contribution in [0.2, 0.25) is 5.02 Å². The quantitative estimate of drug-likeness (QED) is 0.766. The zero-order chi connectivity index (χ0) is 11.5. The highest BCUT2D eigenvalue weighted by atomic mass is 35.5. The number of aryl methyl sites for hydroxylation is 1. The minimum absolute atomic E-state index is 0.141. The maximum absolute atomic E-state index is 12.1. The molecular weight excluding hydrogens is 224 g/mol. The van der Waals surface area contributed by atoms with E-state index >= 15 is 0 Å². The first-order valence-electron chi connectivity index (χ1n) is 5.04. The van der Waals surface area contributed by atoms with Gasteiger partial charge in [-0.3, -0.25) is 4.79 Å². The van der Waals surface area contributed by atoms with Crippen LogP contribution in [0.15, 0.2) is 36.7 Å². The highest BCUT2D eigenvalue weighted by Gasteiger charge is 2.16. The van der Waals surface area contributed by atoms with Gasteiger partial charge in [-0.05, 0) is 19.1 Å². The molecule has 0 saturated heterocycles. The second kappa shape index (κ2) is 4.49. The Morgan fingerprint density at radius 1 is 1.44 bits per heavy atom. The van der Waals surface area contributed by atoms with Crippen molar-refractivity contribution < 1.29 is 4.79 Å². The Bertz CT molecular complexity index is 519. The van der Waals surface area contributed by atoms with E-state index in [1.54, 1.807) is 41.2 Å². The lowest BCUT2D eigenvalue weighted by molar-refractivity contribution is 0.102. The van der Waals surface area contributed by atoms with Gasteiger partial charge in [0.2, 0.25) is 5.78 Å². The van der Waals surface area contributed by atoms with E-state index in [1.807, 2.05) is 6.92 Å². The molecule has 0 aliphatic carbocycles. The second-order valence-electron chi connectivity index (χ2n) is 3.35. The van der Waals surface area contributed by atoms with E-state index in [-0.39, 0.29) is 5.78 Å². The zero-order valence-corrected chi connectivity index (χ0v) is 9.61. The van der Waals surface area contributed by atoms with Crippen LogP contribution in [0.1, 0.15) is 23.1 Å². The van der Waals surface area contributed by atoms with Crippen LogP contribution in [-0.4, -0.2) is 15.3 Å². The number of nitrogens with zero attached hydrogens (tertiary/aromatic N) is 2. The van der Waals surface area contributed by atoms with E-state index in [9.17, 15) is 4.79 Å². The summed E-state index contributed by atoms with van der Waals surface area (Å²) in [4.78, 5) is 16.2. The van der Waals surface area contributed by atoms with E-state index in [1.165, 1.54) is 0 Å². The van der Waals surface area contributed by atoms with Gasteiger partial charge < -0.3 is 4.57 Å². The average Bonchev–Trinajstić information content (AvgIpc) is 2.77. The summed E-state index contributed by atoms with van der Waals surface area (Å²) >= 11 is 5.97. The summed E-state index contributed by atoms with van der Waals surface area (Å²) in [6, 6.07) is 7.00. The Kier molecular flexibility index (Phi) is 3.06. The van der Waals surface area contributed by atoms with Crippen molar-refractivity contribution >= 4 is 17.4 Å². The van der Waals surface area contributed by atoms with Crippen LogP contribution in [0.3, 0.4) is 0 Å². The molecule has 2 aromatic rings. The van der Waals surface area contributed by atoms with Gasteiger partial charge in [0.25, 0.3) is 0 Å². The molecule has 0 bridgehead atoms. The third kappa shape index (κ3) is 1.86. The Morgan fingerprint density at radius 3 is 2.88 bits per heavy atom.